The Kier molecular flexibility index (Phi) is 6.60. The molecule has 1 amide bonds. The van der Waals surface area contributed by atoms with Gasteiger partial charge in [-0.1, -0.05) is 23.8 Å². The number of amides is 1. The Labute approximate surface area is 198 Å². The van der Waals surface area contributed by atoms with E-state index in [2.05, 4.69) is 27.7 Å². The fourth-order valence-electron chi connectivity index (χ4n) is 4.47. The van der Waals surface area contributed by atoms with Gasteiger partial charge in [0.1, 0.15) is 5.01 Å². The van der Waals surface area contributed by atoms with Crippen molar-refractivity contribution in [3.05, 3.63) is 69.7 Å². The summed E-state index contributed by atoms with van der Waals surface area (Å²) in [5.74, 6) is 1.66. The summed E-state index contributed by atoms with van der Waals surface area (Å²) in [4.78, 5) is 19.7. The van der Waals surface area contributed by atoms with E-state index in [4.69, 9.17) is 14.5 Å². The average Bonchev–Trinajstić information content (AvgIpc) is 3.38. The molecule has 1 fully saturated rings. The molecule has 1 aromatic heterocycles. The van der Waals surface area contributed by atoms with Crippen LogP contribution in [0.4, 0.5) is 5.69 Å². The number of aromatic nitrogens is 1. The molecule has 0 radical (unpaired) electrons. The molecule has 3 aromatic rings. The topological polar surface area (TPSA) is 63.7 Å². The Morgan fingerprint density at radius 1 is 1.12 bits per heavy atom. The van der Waals surface area contributed by atoms with Crippen LogP contribution in [-0.4, -0.2) is 35.5 Å². The van der Waals surface area contributed by atoms with Crippen LogP contribution in [0.3, 0.4) is 0 Å². The number of hydrogen-bond donors (Lipinski definition) is 1. The Bertz CT molecular complexity index is 1110. The number of rotatable bonds is 6. The van der Waals surface area contributed by atoms with Gasteiger partial charge in [0.25, 0.3) is 0 Å². The predicted molar refractivity (Wildman–Crippen MR) is 130 cm³/mol. The molecule has 0 unspecified atom stereocenters. The number of thiazole rings is 1. The lowest BCUT2D eigenvalue weighted by Crippen LogP contribution is -2.23. The number of benzene rings is 2. The summed E-state index contributed by atoms with van der Waals surface area (Å²) < 4.78 is 11.7. The fourth-order valence-corrected chi connectivity index (χ4v) is 5.25. The van der Waals surface area contributed by atoms with Crippen molar-refractivity contribution < 1.29 is 14.3 Å². The van der Waals surface area contributed by atoms with Crippen LogP contribution in [0, 0.1) is 6.92 Å². The molecule has 1 N–H and O–H groups in total. The van der Waals surface area contributed by atoms with Crippen LogP contribution in [0.5, 0.6) is 11.5 Å². The number of ether oxygens (including phenoxy) is 2. The second-order valence-corrected chi connectivity index (χ2v) is 9.65. The van der Waals surface area contributed by atoms with E-state index < -0.39 is 0 Å². The van der Waals surface area contributed by atoms with Crippen LogP contribution in [-0.2, 0) is 17.8 Å². The first-order valence-corrected chi connectivity index (χ1v) is 12.5. The van der Waals surface area contributed by atoms with Gasteiger partial charge in [-0.15, -0.1) is 11.3 Å². The van der Waals surface area contributed by atoms with Gasteiger partial charge in [-0.3, -0.25) is 9.69 Å². The fraction of sp³-hybridized carbons (Fsp3) is 0.385. The summed E-state index contributed by atoms with van der Waals surface area (Å²) in [5.41, 5.74) is 4.28. The van der Waals surface area contributed by atoms with Crippen LogP contribution in [0.2, 0.25) is 0 Å². The first-order chi connectivity index (χ1) is 16.1. The number of anilines is 1. The van der Waals surface area contributed by atoms with Gasteiger partial charge in [-0.25, -0.2) is 4.98 Å². The monoisotopic (exact) mass is 463 g/mol. The van der Waals surface area contributed by atoms with E-state index in [9.17, 15) is 4.79 Å². The standard InChI is InChI=1S/C26H29N3O3S/c1-18-5-8-20(9-6-18)27-25(30)15-26-28-21(17-33-26)16-29-11-2-4-22(29)19-7-10-23-24(14-19)32-13-3-12-31-23/h5-10,14,17,22H,2-4,11-13,15-16H2,1H3,(H,27,30)/t22-/m1/s1. The Morgan fingerprint density at radius 2 is 1.94 bits per heavy atom. The zero-order valence-electron chi connectivity index (χ0n) is 18.9. The zero-order valence-corrected chi connectivity index (χ0v) is 19.7. The van der Waals surface area contributed by atoms with Crippen molar-refractivity contribution in [1.29, 1.82) is 0 Å². The van der Waals surface area contributed by atoms with E-state index in [0.29, 0.717) is 25.7 Å². The number of carbonyl (C=O) groups excluding carboxylic acids is 1. The third-order valence-corrected chi connectivity index (χ3v) is 7.03. The number of fused-ring (bicyclic) bond motifs is 1. The molecule has 1 saturated heterocycles. The highest BCUT2D eigenvalue weighted by Crippen LogP contribution is 2.38. The van der Waals surface area contributed by atoms with Crippen molar-refractivity contribution in [3.63, 3.8) is 0 Å². The van der Waals surface area contributed by atoms with E-state index in [1.807, 2.05) is 37.3 Å². The zero-order chi connectivity index (χ0) is 22.6. The lowest BCUT2D eigenvalue weighted by atomic mass is 10.0. The van der Waals surface area contributed by atoms with Gasteiger partial charge in [0.2, 0.25) is 5.91 Å². The van der Waals surface area contributed by atoms with Crippen LogP contribution in [0.25, 0.3) is 0 Å². The highest BCUT2D eigenvalue weighted by atomic mass is 32.1. The molecule has 0 spiro atoms. The van der Waals surface area contributed by atoms with Crippen LogP contribution in [0.15, 0.2) is 47.8 Å². The summed E-state index contributed by atoms with van der Waals surface area (Å²) in [5, 5.41) is 5.88. The highest BCUT2D eigenvalue weighted by molar-refractivity contribution is 7.09. The molecule has 2 aromatic carbocycles. The first-order valence-electron chi connectivity index (χ1n) is 11.6. The molecule has 7 heteroatoms. The van der Waals surface area contributed by atoms with E-state index >= 15 is 0 Å². The lowest BCUT2D eigenvalue weighted by Gasteiger charge is -2.24. The number of nitrogens with zero attached hydrogens (tertiary/aromatic N) is 2. The third kappa shape index (κ3) is 5.37. The maximum absolute atomic E-state index is 12.4. The van der Waals surface area contributed by atoms with Crippen molar-refractivity contribution in [3.8, 4) is 11.5 Å². The van der Waals surface area contributed by atoms with Gasteiger partial charge in [0, 0.05) is 30.1 Å². The number of likely N-dealkylation sites (tertiary alicyclic amines) is 1. The van der Waals surface area contributed by atoms with Crippen LogP contribution >= 0.6 is 11.3 Å². The van der Waals surface area contributed by atoms with Crippen LogP contribution < -0.4 is 14.8 Å². The van der Waals surface area contributed by atoms with Gasteiger partial charge in [-0.2, -0.15) is 0 Å². The summed E-state index contributed by atoms with van der Waals surface area (Å²) in [6.45, 7) is 5.26. The Balaban J connectivity index is 1.21. The van der Waals surface area contributed by atoms with Crippen molar-refractivity contribution in [2.75, 3.05) is 25.1 Å². The molecule has 172 valence electrons. The Hall–Kier alpha value is -2.90. The summed E-state index contributed by atoms with van der Waals surface area (Å²) in [6.07, 6.45) is 3.49. The quantitative estimate of drug-likeness (QED) is 0.549. The molecule has 2 aliphatic rings. The molecular formula is C26H29N3O3S. The van der Waals surface area contributed by atoms with E-state index in [1.54, 1.807) is 11.3 Å². The summed E-state index contributed by atoms with van der Waals surface area (Å²) in [6, 6.07) is 14.5. The molecule has 33 heavy (non-hydrogen) atoms. The minimum absolute atomic E-state index is 0.0361. The van der Waals surface area contributed by atoms with Gasteiger partial charge in [0.05, 0.1) is 25.3 Å². The van der Waals surface area contributed by atoms with Gasteiger partial charge < -0.3 is 14.8 Å². The smallest absolute Gasteiger partial charge is 0.231 e. The minimum atomic E-state index is -0.0361. The lowest BCUT2D eigenvalue weighted by molar-refractivity contribution is -0.115. The molecule has 3 heterocycles. The molecule has 0 saturated carbocycles. The second kappa shape index (κ2) is 9.93. The number of nitrogens with one attached hydrogen (secondary N) is 1. The number of carbonyl (C=O) groups is 1. The van der Waals surface area contributed by atoms with Crippen molar-refractivity contribution >= 4 is 22.9 Å². The average molecular weight is 464 g/mol. The summed E-state index contributed by atoms with van der Waals surface area (Å²) in [7, 11) is 0. The maximum atomic E-state index is 12.4. The highest BCUT2D eigenvalue weighted by Gasteiger charge is 2.28. The van der Waals surface area contributed by atoms with Crippen LogP contribution in [0.1, 0.15) is 47.1 Å². The third-order valence-electron chi connectivity index (χ3n) is 6.13. The number of hydrogen-bond acceptors (Lipinski definition) is 6. The van der Waals surface area contributed by atoms with Gasteiger partial charge >= 0.3 is 0 Å². The summed E-state index contributed by atoms with van der Waals surface area (Å²) >= 11 is 1.56. The largest absolute Gasteiger partial charge is 0.490 e. The van der Waals surface area contributed by atoms with E-state index in [-0.39, 0.29) is 5.91 Å². The first kappa shape index (κ1) is 21.9. The molecule has 6 nitrogen and oxygen atoms in total. The molecule has 5 rings (SSSR count). The van der Waals surface area contributed by atoms with Crippen molar-refractivity contribution in [2.45, 2.75) is 45.2 Å². The molecule has 0 aliphatic carbocycles. The maximum Gasteiger partial charge on any atom is 0.231 e. The van der Waals surface area contributed by atoms with Gasteiger partial charge in [-0.05, 0) is 56.1 Å². The molecular weight excluding hydrogens is 434 g/mol. The van der Waals surface area contributed by atoms with E-state index in [0.717, 1.165) is 60.2 Å². The van der Waals surface area contributed by atoms with E-state index in [1.165, 1.54) is 11.1 Å². The van der Waals surface area contributed by atoms with Crippen molar-refractivity contribution in [1.82, 2.24) is 9.88 Å². The SMILES string of the molecule is Cc1ccc(NC(=O)Cc2nc(CN3CCC[C@@H]3c3ccc4c(c3)OCCCO4)cs2)cc1. The molecule has 1 atom stereocenters. The number of aryl methyl sites for hydroxylation is 1. The minimum Gasteiger partial charge on any atom is -0.490 e. The normalized spacial score (nSPS) is 18.2. The molecule has 0 bridgehead atoms. The van der Waals surface area contributed by atoms with Crippen molar-refractivity contribution in [2.24, 2.45) is 0 Å². The second-order valence-electron chi connectivity index (χ2n) is 8.71. The Morgan fingerprint density at radius 3 is 2.79 bits per heavy atom. The predicted octanol–water partition coefficient (Wildman–Crippen LogP) is 5.13. The molecule has 2 aliphatic heterocycles. The van der Waals surface area contributed by atoms with Gasteiger partial charge in [0.15, 0.2) is 11.5 Å².